The number of benzene rings is 2. The zero-order valence-corrected chi connectivity index (χ0v) is 13.4. The van der Waals surface area contributed by atoms with Crippen molar-refractivity contribution in [2.45, 2.75) is 0 Å². The van der Waals surface area contributed by atoms with Gasteiger partial charge in [-0.2, -0.15) is 0 Å². The quantitative estimate of drug-likeness (QED) is 0.580. The van der Waals surface area contributed by atoms with Crippen molar-refractivity contribution in [3.63, 3.8) is 0 Å². The van der Waals surface area contributed by atoms with Gasteiger partial charge in [0.15, 0.2) is 0 Å². The lowest BCUT2D eigenvalue weighted by atomic mass is 10.2. The van der Waals surface area contributed by atoms with Crippen LogP contribution in [0.15, 0.2) is 45.3 Å². The first-order valence-electron chi connectivity index (χ1n) is 5.53. The van der Waals surface area contributed by atoms with Crippen molar-refractivity contribution in [1.29, 1.82) is 0 Å². The summed E-state index contributed by atoms with van der Waals surface area (Å²) in [7, 11) is 0. The molecule has 6 nitrogen and oxygen atoms in total. The van der Waals surface area contributed by atoms with Crippen LogP contribution in [0, 0.1) is 10.1 Å². The molecule has 0 amide bonds. The predicted octanol–water partition coefficient (Wildman–Crippen LogP) is 4.61. The standard InChI is InChI=1S/C13H7Br2NO5/c14-8-5-4-7(16(19)20)6-11(8)21-10-3-1-2-9(15)12(10)13(17)18/h1-6H,(H,17,18). The number of nitro groups is 1. The Labute approximate surface area is 135 Å². The van der Waals surface area contributed by atoms with Crippen molar-refractivity contribution < 1.29 is 19.6 Å². The van der Waals surface area contributed by atoms with Gasteiger partial charge in [0, 0.05) is 10.5 Å². The zero-order chi connectivity index (χ0) is 15.6. The highest BCUT2D eigenvalue weighted by molar-refractivity contribution is 9.10. The maximum absolute atomic E-state index is 11.3. The van der Waals surface area contributed by atoms with E-state index in [1.807, 2.05) is 0 Å². The molecule has 0 aliphatic carbocycles. The second kappa shape index (κ2) is 6.23. The Morgan fingerprint density at radius 3 is 2.48 bits per heavy atom. The number of aromatic carboxylic acids is 1. The monoisotopic (exact) mass is 415 g/mol. The van der Waals surface area contributed by atoms with Gasteiger partial charge in [-0.1, -0.05) is 6.07 Å². The Bertz CT molecular complexity index is 732. The van der Waals surface area contributed by atoms with Crippen LogP contribution in [0.3, 0.4) is 0 Å². The first kappa shape index (κ1) is 15.5. The molecule has 1 N–H and O–H groups in total. The molecular formula is C13H7Br2NO5. The van der Waals surface area contributed by atoms with E-state index in [0.29, 0.717) is 8.95 Å². The van der Waals surface area contributed by atoms with E-state index >= 15 is 0 Å². The molecule has 0 atom stereocenters. The van der Waals surface area contributed by atoms with Crippen LogP contribution in [0.4, 0.5) is 5.69 Å². The van der Waals surface area contributed by atoms with Crippen molar-refractivity contribution in [3.8, 4) is 11.5 Å². The van der Waals surface area contributed by atoms with Crippen molar-refractivity contribution in [2.24, 2.45) is 0 Å². The van der Waals surface area contributed by atoms with Gasteiger partial charge in [-0.05, 0) is 50.1 Å². The van der Waals surface area contributed by atoms with Gasteiger partial charge in [-0.15, -0.1) is 0 Å². The number of carboxylic acids is 1. The maximum atomic E-state index is 11.3. The second-order valence-electron chi connectivity index (χ2n) is 3.89. The van der Waals surface area contributed by atoms with Gasteiger partial charge < -0.3 is 9.84 Å². The molecule has 0 unspecified atom stereocenters. The molecule has 21 heavy (non-hydrogen) atoms. The number of halogens is 2. The summed E-state index contributed by atoms with van der Waals surface area (Å²) in [6.07, 6.45) is 0. The summed E-state index contributed by atoms with van der Waals surface area (Å²) >= 11 is 6.35. The van der Waals surface area contributed by atoms with Gasteiger partial charge in [-0.3, -0.25) is 10.1 Å². The van der Waals surface area contributed by atoms with Crippen LogP contribution in [-0.2, 0) is 0 Å². The normalized spacial score (nSPS) is 10.2. The molecule has 0 spiro atoms. The SMILES string of the molecule is O=C(O)c1c(Br)cccc1Oc1cc([N+](=O)[O-])ccc1Br. The third kappa shape index (κ3) is 3.40. The number of rotatable bonds is 4. The molecule has 2 aromatic rings. The lowest BCUT2D eigenvalue weighted by Crippen LogP contribution is -2.01. The lowest BCUT2D eigenvalue weighted by molar-refractivity contribution is -0.384. The Morgan fingerprint density at radius 1 is 1.14 bits per heavy atom. The summed E-state index contributed by atoms with van der Waals surface area (Å²) in [6.45, 7) is 0. The average molecular weight is 417 g/mol. The van der Waals surface area contributed by atoms with E-state index < -0.39 is 10.9 Å². The molecule has 0 bridgehead atoms. The van der Waals surface area contributed by atoms with E-state index in [1.54, 1.807) is 12.1 Å². The van der Waals surface area contributed by atoms with E-state index in [4.69, 9.17) is 4.74 Å². The zero-order valence-electron chi connectivity index (χ0n) is 10.2. The molecule has 2 aromatic carbocycles. The average Bonchev–Trinajstić information content (AvgIpc) is 2.40. The van der Waals surface area contributed by atoms with Crippen molar-refractivity contribution in [3.05, 3.63) is 61.0 Å². The summed E-state index contributed by atoms with van der Waals surface area (Å²) in [5.74, 6) is -0.929. The van der Waals surface area contributed by atoms with Gasteiger partial charge in [0.25, 0.3) is 5.69 Å². The first-order valence-corrected chi connectivity index (χ1v) is 7.12. The molecule has 2 rings (SSSR count). The molecule has 0 aliphatic heterocycles. The highest BCUT2D eigenvalue weighted by Gasteiger charge is 2.18. The third-order valence-electron chi connectivity index (χ3n) is 2.53. The molecule has 108 valence electrons. The number of nitrogens with zero attached hydrogens (tertiary/aromatic N) is 1. The van der Waals surface area contributed by atoms with Crippen LogP contribution < -0.4 is 4.74 Å². The van der Waals surface area contributed by atoms with Crippen molar-refractivity contribution >= 4 is 43.5 Å². The minimum Gasteiger partial charge on any atom is -0.478 e. The summed E-state index contributed by atoms with van der Waals surface area (Å²) < 4.78 is 6.34. The smallest absolute Gasteiger partial charge is 0.340 e. The van der Waals surface area contributed by atoms with E-state index in [2.05, 4.69) is 31.9 Å². The van der Waals surface area contributed by atoms with Crippen LogP contribution >= 0.6 is 31.9 Å². The molecule has 8 heteroatoms. The van der Waals surface area contributed by atoms with Crippen LogP contribution in [0.25, 0.3) is 0 Å². The minimum atomic E-state index is -1.17. The molecular weight excluding hydrogens is 410 g/mol. The highest BCUT2D eigenvalue weighted by Crippen LogP contribution is 2.36. The van der Waals surface area contributed by atoms with Crippen LogP contribution in [-0.4, -0.2) is 16.0 Å². The predicted molar refractivity (Wildman–Crippen MR) is 82.0 cm³/mol. The second-order valence-corrected chi connectivity index (χ2v) is 5.60. The number of nitro benzene ring substituents is 1. The number of hydrogen-bond acceptors (Lipinski definition) is 4. The van der Waals surface area contributed by atoms with E-state index in [9.17, 15) is 20.0 Å². The van der Waals surface area contributed by atoms with Gasteiger partial charge in [0.1, 0.15) is 17.1 Å². The summed E-state index contributed by atoms with van der Waals surface area (Å²) in [6, 6.07) is 8.65. The van der Waals surface area contributed by atoms with Crippen molar-refractivity contribution in [2.75, 3.05) is 0 Å². The summed E-state index contributed by atoms with van der Waals surface area (Å²) in [5.41, 5.74) is -0.212. The topological polar surface area (TPSA) is 89.7 Å². The molecule has 0 saturated carbocycles. The fourth-order valence-corrected chi connectivity index (χ4v) is 2.44. The highest BCUT2D eigenvalue weighted by atomic mass is 79.9. The van der Waals surface area contributed by atoms with Gasteiger partial charge >= 0.3 is 5.97 Å². The van der Waals surface area contributed by atoms with Gasteiger partial charge in [0.05, 0.1) is 15.5 Å². The molecule has 0 heterocycles. The molecule has 0 aromatic heterocycles. The van der Waals surface area contributed by atoms with Crippen LogP contribution in [0.5, 0.6) is 11.5 Å². The van der Waals surface area contributed by atoms with Crippen LogP contribution in [0.1, 0.15) is 10.4 Å². The number of non-ortho nitro benzene ring substituents is 1. The molecule has 0 saturated heterocycles. The lowest BCUT2D eigenvalue weighted by Gasteiger charge is -2.11. The number of carbonyl (C=O) groups is 1. The van der Waals surface area contributed by atoms with E-state index in [0.717, 1.165) is 0 Å². The van der Waals surface area contributed by atoms with Gasteiger partial charge in [0.2, 0.25) is 0 Å². The number of ether oxygens (including phenoxy) is 1. The molecule has 0 radical (unpaired) electrons. The Balaban J connectivity index is 2.48. The first-order chi connectivity index (χ1) is 9.90. The Morgan fingerprint density at radius 2 is 1.86 bits per heavy atom. The maximum Gasteiger partial charge on any atom is 0.340 e. The van der Waals surface area contributed by atoms with E-state index in [-0.39, 0.29) is 22.7 Å². The largest absolute Gasteiger partial charge is 0.478 e. The fraction of sp³-hybridized carbons (Fsp3) is 0. The summed E-state index contributed by atoms with van der Waals surface area (Å²) in [4.78, 5) is 21.5. The fourth-order valence-electron chi connectivity index (χ4n) is 1.60. The van der Waals surface area contributed by atoms with E-state index in [1.165, 1.54) is 24.3 Å². The number of hydrogen-bond donors (Lipinski definition) is 1. The summed E-state index contributed by atoms with van der Waals surface area (Å²) in [5, 5.41) is 20.0. The minimum absolute atomic E-state index is 0.0593. The molecule has 0 aliphatic rings. The third-order valence-corrected chi connectivity index (χ3v) is 3.85. The Hall–Kier alpha value is -1.93. The Kier molecular flexibility index (Phi) is 4.59. The van der Waals surface area contributed by atoms with Crippen LogP contribution in [0.2, 0.25) is 0 Å². The van der Waals surface area contributed by atoms with Gasteiger partial charge in [-0.25, -0.2) is 4.79 Å². The molecule has 0 fully saturated rings. The number of carboxylic acid groups (broad SMARTS) is 1. The van der Waals surface area contributed by atoms with Crippen molar-refractivity contribution in [1.82, 2.24) is 0 Å².